The molecule has 0 aliphatic heterocycles. The summed E-state index contributed by atoms with van der Waals surface area (Å²) >= 11 is 0. The zero-order valence-electron chi connectivity index (χ0n) is 15.2. The summed E-state index contributed by atoms with van der Waals surface area (Å²) in [5, 5.41) is 0. The summed E-state index contributed by atoms with van der Waals surface area (Å²) in [5.74, 6) is -0.415. The van der Waals surface area contributed by atoms with Crippen LogP contribution in [0.3, 0.4) is 0 Å². The van der Waals surface area contributed by atoms with Crippen molar-refractivity contribution >= 4 is 31.4 Å². The molecule has 9 heteroatoms. The molecule has 142 valence electrons. The van der Waals surface area contributed by atoms with Crippen molar-refractivity contribution in [1.82, 2.24) is 0 Å². The third kappa shape index (κ3) is 15.4. The SMILES string of the molecule is BC(=O)CCC(=O)OC(COC)COC(=O)OCCCCCC(C)=O. The fourth-order valence-electron chi connectivity index (χ4n) is 1.84. The highest BCUT2D eigenvalue weighted by molar-refractivity contribution is 6.57. The predicted octanol–water partition coefficient (Wildman–Crippen LogP) is 0.787. The number of hydrogen-bond acceptors (Lipinski definition) is 8. The second-order valence-electron chi connectivity index (χ2n) is 5.69. The Kier molecular flexibility index (Phi) is 13.4. The van der Waals surface area contributed by atoms with Gasteiger partial charge in [0.1, 0.15) is 12.4 Å². The van der Waals surface area contributed by atoms with Crippen LogP contribution in [0.5, 0.6) is 0 Å². The maximum absolute atomic E-state index is 11.6. The van der Waals surface area contributed by atoms with Crippen LogP contribution in [0, 0.1) is 0 Å². The minimum absolute atomic E-state index is 0.0275. The molecule has 25 heavy (non-hydrogen) atoms. The molecular formula is C16H27BO8. The second-order valence-corrected chi connectivity index (χ2v) is 5.69. The van der Waals surface area contributed by atoms with E-state index in [2.05, 4.69) is 0 Å². The molecule has 1 unspecified atom stereocenters. The third-order valence-electron chi connectivity index (χ3n) is 3.11. The number of carbonyl (C=O) groups is 4. The molecular weight excluding hydrogens is 331 g/mol. The summed E-state index contributed by atoms with van der Waals surface area (Å²) in [6, 6.07) is 0. The minimum atomic E-state index is -0.854. The first-order chi connectivity index (χ1) is 11.8. The molecule has 0 aromatic heterocycles. The van der Waals surface area contributed by atoms with Gasteiger partial charge in [-0.2, -0.15) is 0 Å². The largest absolute Gasteiger partial charge is 0.508 e. The van der Waals surface area contributed by atoms with E-state index in [1.165, 1.54) is 21.9 Å². The first-order valence-corrected chi connectivity index (χ1v) is 8.32. The van der Waals surface area contributed by atoms with Gasteiger partial charge in [0.15, 0.2) is 14.0 Å². The van der Waals surface area contributed by atoms with E-state index in [1.54, 1.807) is 0 Å². The van der Waals surface area contributed by atoms with Crippen molar-refractivity contribution < 1.29 is 38.1 Å². The summed E-state index contributed by atoms with van der Waals surface area (Å²) in [5.41, 5.74) is -0.108. The van der Waals surface area contributed by atoms with Crippen molar-refractivity contribution in [2.75, 3.05) is 26.9 Å². The summed E-state index contributed by atoms with van der Waals surface area (Å²) in [4.78, 5) is 44.6. The molecule has 0 saturated carbocycles. The summed E-state index contributed by atoms with van der Waals surface area (Å²) < 4.78 is 19.8. The number of hydrogen-bond donors (Lipinski definition) is 0. The Balaban J connectivity index is 3.92. The van der Waals surface area contributed by atoms with Gasteiger partial charge in [0.2, 0.25) is 0 Å². The highest BCUT2D eigenvalue weighted by Crippen LogP contribution is 2.03. The lowest BCUT2D eigenvalue weighted by atomic mass is 9.98. The Labute approximate surface area is 148 Å². The van der Waals surface area contributed by atoms with Crippen molar-refractivity contribution in [2.24, 2.45) is 0 Å². The van der Waals surface area contributed by atoms with E-state index in [9.17, 15) is 19.2 Å². The van der Waals surface area contributed by atoms with Crippen LogP contribution in [0.15, 0.2) is 0 Å². The van der Waals surface area contributed by atoms with Gasteiger partial charge in [-0.1, -0.05) is 0 Å². The maximum Gasteiger partial charge on any atom is 0.508 e. The van der Waals surface area contributed by atoms with Gasteiger partial charge in [0.05, 0.1) is 25.3 Å². The van der Waals surface area contributed by atoms with Gasteiger partial charge in [-0.25, -0.2) is 4.79 Å². The molecule has 1 atom stereocenters. The molecule has 0 aliphatic rings. The summed E-state index contributed by atoms with van der Waals surface area (Å²) in [6.07, 6.45) is 1.18. The summed E-state index contributed by atoms with van der Waals surface area (Å²) in [7, 11) is 2.81. The van der Waals surface area contributed by atoms with E-state index in [4.69, 9.17) is 18.9 Å². The van der Waals surface area contributed by atoms with Gasteiger partial charge in [0, 0.05) is 20.0 Å². The van der Waals surface area contributed by atoms with E-state index >= 15 is 0 Å². The number of methoxy groups -OCH3 is 1. The maximum atomic E-state index is 11.6. The second kappa shape index (κ2) is 14.4. The lowest BCUT2D eigenvalue weighted by Crippen LogP contribution is -2.29. The van der Waals surface area contributed by atoms with Crippen molar-refractivity contribution in [3.05, 3.63) is 0 Å². The molecule has 0 radical (unpaired) electrons. The topological polar surface area (TPSA) is 105 Å². The molecule has 0 fully saturated rings. The molecule has 0 amide bonds. The zero-order chi connectivity index (χ0) is 19.1. The highest BCUT2D eigenvalue weighted by Gasteiger charge is 2.17. The smallest absolute Gasteiger partial charge is 0.456 e. The Bertz CT molecular complexity index is 438. The molecule has 0 N–H and O–H groups in total. The first kappa shape index (κ1) is 23.1. The standard InChI is InChI=1S/C16H27BO8/c1-12(18)6-4-3-5-9-23-16(21)24-11-13(10-22-2)25-15(20)8-7-14(17)19/h13H,3-11,17H2,1-2H3. The fraction of sp³-hybridized carbons (Fsp3) is 0.750. The molecule has 0 aliphatic carbocycles. The average molecular weight is 358 g/mol. The molecule has 0 rings (SSSR count). The van der Waals surface area contributed by atoms with Gasteiger partial charge in [-0.3, -0.25) is 4.79 Å². The van der Waals surface area contributed by atoms with Crippen LogP contribution in [0.4, 0.5) is 4.79 Å². The molecule has 8 nitrogen and oxygen atoms in total. The van der Waals surface area contributed by atoms with Gasteiger partial charge in [-0.05, 0) is 26.2 Å². The predicted molar refractivity (Wildman–Crippen MR) is 91.0 cm³/mol. The fourth-order valence-corrected chi connectivity index (χ4v) is 1.84. The number of esters is 1. The third-order valence-corrected chi connectivity index (χ3v) is 3.11. The molecule has 0 saturated heterocycles. The first-order valence-electron chi connectivity index (χ1n) is 8.32. The van der Waals surface area contributed by atoms with Crippen LogP contribution in [-0.2, 0) is 33.3 Å². The number of ketones is 1. The average Bonchev–Trinajstić information content (AvgIpc) is 2.53. The normalized spacial score (nSPS) is 11.4. The molecule has 0 spiro atoms. The van der Waals surface area contributed by atoms with Crippen LogP contribution in [0.2, 0.25) is 0 Å². The number of unbranched alkanes of at least 4 members (excludes halogenated alkanes) is 2. The van der Waals surface area contributed by atoms with Crippen LogP contribution in [-0.4, -0.2) is 64.5 Å². The van der Waals surface area contributed by atoms with E-state index in [0.717, 1.165) is 12.8 Å². The van der Waals surface area contributed by atoms with E-state index < -0.39 is 18.2 Å². The Morgan fingerprint density at radius 2 is 1.64 bits per heavy atom. The Hall–Kier alpha value is -1.90. The number of ether oxygens (including phenoxy) is 4. The van der Waals surface area contributed by atoms with Gasteiger partial charge >= 0.3 is 12.1 Å². The van der Waals surface area contributed by atoms with E-state index in [-0.39, 0.29) is 44.1 Å². The molecule has 0 aromatic rings. The van der Waals surface area contributed by atoms with Crippen LogP contribution in [0.1, 0.15) is 45.4 Å². The van der Waals surface area contributed by atoms with E-state index in [0.29, 0.717) is 12.8 Å². The Morgan fingerprint density at radius 3 is 2.24 bits per heavy atom. The number of rotatable bonds is 14. The van der Waals surface area contributed by atoms with Crippen LogP contribution in [0.25, 0.3) is 0 Å². The van der Waals surface area contributed by atoms with Crippen LogP contribution < -0.4 is 0 Å². The van der Waals surface area contributed by atoms with Crippen molar-refractivity contribution in [3.8, 4) is 0 Å². The van der Waals surface area contributed by atoms with Crippen molar-refractivity contribution in [3.63, 3.8) is 0 Å². The zero-order valence-corrected chi connectivity index (χ0v) is 15.2. The molecule has 0 aromatic carbocycles. The summed E-state index contributed by atoms with van der Waals surface area (Å²) in [6.45, 7) is 1.61. The lowest BCUT2D eigenvalue weighted by molar-refractivity contribution is -0.155. The molecule has 0 heterocycles. The van der Waals surface area contributed by atoms with Gasteiger partial charge in [0.25, 0.3) is 0 Å². The van der Waals surface area contributed by atoms with Gasteiger partial charge < -0.3 is 28.5 Å². The van der Waals surface area contributed by atoms with Gasteiger partial charge in [-0.15, -0.1) is 0 Å². The Morgan fingerprint density at radius 1 is 0.920 bits per heavy atom. The number of carbonyl (C=O) groups excluding carboxylic acids is 4. The lowest BCUT2D eigenvalue weighted by Gasteiger charge is -2.17. The van der Waals surface area contributed by atoms with E-state index in [1.807, 2.05) is 0 Å². The quantitative estimate of drug-likeness (QED) is 0.255. The van der Waals surface area contributed by atoms with Crippen LogP contribution >= 0.6 is 0 Å². The monoisotopic (exact) mass is 358 g/mol. The van der Waals surface area contributed by atoms with Crippen molar-refractivity contribution in [1.29, 1.82) is 0 Å². The number of Topliss-reactive ketones (excluding diaryl/α,β-unsaturated/α-hetero) is 1. The minimum Gasteiger partial charge on any atom is -0.456 e. The molecule has 0 bridgehead atoms. The van der Waals surface area contributed by atoms with Crippen molar-refractivity contribution in [2.45, 2.75) is 51.6 Å². The highest BCUT2D eigenvalue weighted by atomic mass is 16.7.